The van der Waals surface area contributed by atoms with Crippen LogP contribution in [0.2, 0.25) is 0 Å². The molecule has 0 bridgehead atoms. The number of hydrogen-bond donors (Lipinski definition) is 1. The Labute approximate surface area is 111 Å². The number of ether oxygens (including phenoxy) is 2. The summed E-state index contributed by atoms with van der Waals surface area (Å²) in [6.45, 7) is 4.95. The average Bonchev–Trinajstić information content (AvgIpc) is 2.37. The van der Waals surface area contributed by atoms with Crippen LogP contribution in [0.25, 0.3) is 0 Å². The molecule has 5 heteroatoms. The lowest BCUT2D eigenvalue weighted by molar-refractivity contribution is -0.120. The van der Waals surface area contributed by atoms with Crippen molar-refractivity contribution in [3.05, 3.63) is 23.8 Å². The molecular formula is C13H16ClNO3. The van der Waals surface area contributed by atoms with Crippen LogP contribution in [0, 0.1) is 0 Å². The van der Waals surface area contributed by atoms with Gasteiger partial charge in [0.15, 0.2) is 11.5 Å². The van der Waals surface area contributed by atoms with Crippen LogP contribution in [-0.2, 0) is 10.3 Å². The molecule has 0 saturated heterocycles. The van der Waals surface area contributed by atoms with Gasteiger partial charge in [0.05, 0.1) is 5.54 Å². The van der Waals surface area contributed by atoms with Gasteiger partial charge in [-0.15, -0.1) is 11.6 Å². The third-order valence-corrected chi connectivity index (χ3v) is 3.08. The van der Waals surface area contributed by atoms with Crippen molar-refractivity contribution in [3.8, 4) is 11.5 Å². The Balaban J connectivity index is 2.24. The lowest BCUT2D eigenvalue weighted by atomic mass is 9.93. The molecule has 1 amide bonds. The molecule has 2 rings (SSSR count). The topological polar surface area (TPSA) is 47.6 Å². The van der Waals surface area contributed by atoms with Gasteiger partial charge in [-0.1, -0.05) is 6.07 Å². The maximum atomic E-state index is 11.4. The Morgan fingerprint density at radius 3 is 2.67 bits per heavy atom. The predicted octanol–water partition coefficient (Wildman–Crippen LogP) is 2.05. The molecule has 4 nitrogen and oxygen atoms in total. The van der Waals surface area contributed by atoms with Crippen molar-refractivity contribution in [1.29, 1.82) is 0 Å². The van der Waals surface area contributed by atoms with E-state index in [0.29, 0.717) is 19.0 Å². The minimum Gasteiger partial charge on any atom is -0.486 e. The van der Waals surface area contributed by atoms with E-state index in [4.69, 9.17) is 21.1 Å². The minimum absolute atomic E-state index is 0.0476. The number of alkyl halides is 1. The molecule has 1 aliphatic heterocycles. The maximum absolute atomic E-state index is 11.4. The Morgan fingerprint density at radius 1 is 1.33 bits per heavy atom. The van der Waals surface area contributed by atoms with Crippen LogP contribution < -0.4 is 14.8 Å². The molecule has 1 N–H and O–H groups in total. The standard InChI is InChI=1S/C13H16ClNO3/c1-13(2,15-12(16)8-14)9-3-4-10-11(7-9)18-6-5-17-10/h3-4,7H,5-6,8H2,1-2H3,(H,15,16). The number of carbonyl (C=O) groups excluding carboxylic acids is 1. The van der Waals surface area contributed by atoms with Crippen molar-refractivity contribution in [1.82, 2.24) is 5.32 Å². The van der Waals surface area contributed by atoms with Gasteiger partial charge < -0.3 is 14.8 Å². The van der Waals surface area contributed by atoms with Crippen molar-refractivity contribution < 1.29 is 14.3 Å². The van der Waals surface area contributed by atoms with Crippen molar-refractivity contribution in [2.75, 3.05) is 19.1 Å². The Hall–Kier alpha value is -1.42. The summed E-state index contributed by atoms with van der Waals surface area (Å²) in [5.74, 6) is 1.21. The van der Waals surface area contributed by atoms with E-state index in [9.17, 15) is 4.79 Å². The monoisotopic (exact) mass is 269 g/mol. The van der Waals surface area contributed by atoms with E-state index >= 15 is 0 Å². The average molecular weight is 270 g/mol. The summed E-state index contributed by atoms with van der Waals surface area (Å²) in [6.07, 6.45) is 0. The molecule has 0 radical (unpaired) electrons. The second-order valence-electron chi connectivity index (χ2n) is 4.67. The van der Waals surface area contributed by atoms with Gasteiger partial charge in [-0.2, -0.15) is 0 Å². The van der Waals surface area contributed by atoms with E-state index in [1.54, 1.807) is 0 Å². The van der Waals surface area contributed by atoms with Crippen LogP contribution in [-0.4, -0.2) is 25.0 Å². The summed E-state index contributed by atoms with van der Waals surface area (Å²) in [5.41, 5.74) is 0.451. The summed E-state index contributed by atoms with van der Waals surface area (Å²) in [6, 6.07) is 5.67. The number of nitrogens with one attached hydrogen (secondary N) is 1. The fourth-order valence-corrected chi connectivity index (χ4v) is 1.95. The van der Waals surface area contributed by atoms with Crippen molar-refractivity contribution in [2.24, 2.45) is 0 Å². The number of carbonyl (C=O) groups is 1. The van der Waals surface area contributed by atoms with Crippen molar-refractivity contribution in [3.63, 3.8) is 0 Å². The first-order valence-electron chi connectivity index (χ1n) is 5.80. The molecule has 0 saturated carbocycles. The van der Waals surface area contributed by atoms with E-state index < -0.39 is 5.54 Å². The minimum atomic E-state index is -0.498. The smallest absolute Gasteiger partial charge is 0.235 e. The van der Waals surface area contributed by atoms with E-state index in [-0.39, 0.29) is 11.8 Å². The van der Waals surface area contributed by atoms with Crippen LogP contribution >= 0.6 is 11.6 Å². The molecule has 0 aromatic heterocycles. The largest absolute Gasteiger partial charge is 0.486 e. The van der Waals surface area contributed by atoms with Crippen LogP contribution in [0.3, 0.4) is 0 Å². The van der Waals surface area contributed by atoms with Gasteiger partial charge in [-0.05, 0) is 31.5 Å². The second kappa shape index (κ2) is 5.06. The van der Waals surface area contributed by atoms with Gasteiger partial charge in [-0.25, -0.2) is 0 Å². The molecule has 1 aromatic rings. The van der Waals surface area contributed by atoms with Crippen LogP contribution in [0.5, 0.6) is 11.5 Å². The van der Waals surface area contributed by atoms with Crippen LogP contribution in [0.15, 0.2) is 18.2 Å². The third kappa shape index (κ3) is 2.70. The molecule has 0 spiro atoms. The highest BCUT2D eigenvalue weighted by molar-refractivity contribution is 6.27. The second-order valence-corrected chi connectivity index (χ2v) is 4.93. The quantitative estimate of drug-likeness (QED) is 0.855. The highest BCUT2D eigenvalue weighted by Crippen LogP contribution is 2.34. The predicted molar refractivity (Wildman–Crippen MR) is 69.3 cm³/mol. The van der Waals surface area contributed by atoms with Gasteiger partial charge in [0, 0.05) is 0 Å². The summed E-state index contributed by atoms with van der Waals surface area (Å²) >= 11 is 5.50. The van der Waals surface area contributed by atoms with Gasteiger partial charge in [0.2, 0.25) is 5.91 Å². The number of fused-ring (bicyclic) bond motifs is 1. The lowest BCUT2D eigenvalue weighted by Crippen LogP contribution is -2.41. The fourth-order valence-electron chi connectivity index (χ4n) is 1.89. The highest BCUT2D eigenvalue weighted by atomic mass is 35.5. The van der Waals surface area contributed by atoms with Crippen molar-refractivity contribution >= 4 is 17.5 Å². The number of rotatable bonds is 3. The zero-order chi connectivity index (χ0) is 13.2. The molecule has 1 aromatic carbocycles. The highest BCUT2D eigenvalue weighted by Gasteiger charge is 2.24. The van der Waals surface area contributed by atoms with Gasteiger partial charge in [-0.3, -0.25) is 4.79 Å². The van der Waals surface area contributed by atoms with Crippen molar-refractivity contribution in [2.45, 2.75) is 19.4 Å². The number of benzene rings is 1. The molecule has 0 fully saturated rings. The molecule has 1 aliphatic rings. The van der Waals surface area contributed by atoms with E-state index in [1.807, 2.05) is 32.0 Å². The number of amides is 1. The third-order valence-electron chi connectivity index (χ3n) is 2.84. The molecule has 18 heavy (non-hydrogen) atoms. The number of hydrogen-bond acceptors (Lipinski definition) is 3. The molecule has 1 heterocycles. The SMILES string of the molecule is CC(C)(NC(=O)CCl)c1ccc2c(c1)OCCO2. The summed E-state index contributed by atoms with van der Waals surface area (Å²) in [5, 5.41) is 2.86. The lowest BCUT2D eigenvalue weighted by Gasteiger charge is -2.28. The number of halogens is 1. The maximum Gasteiger partial charge on any atom is 0.235 e. The van der Waals surface area contributed by atoms with E-state index in [2.05, 4.69) is 5.32 Å². The summed E-state index contributed by atoms with van der Waals surface area (Å²) < 4.78 is 11.0. The molecule has 0 atom stereocenters. The van der Waals surface area contributed by atoms with Gasteiger partial charge >= 0.3 is 0 Å². The fraction of sp³-hybridized carbons (Fsp3) is 0.462. The first-order chi connectivity index (χ1) is 8.53. The molecule has 98 valence electrons. The summed E-state index contributed by atoms with van der Waals surface area (Å²) in [4.78, 5) is 11.4. The Bertz CT molecular complexity index is 460. The zero-order valence-corrected chi connectivity index (χ0v) is 11.2. The first kappa shape index (κ1) is 13.0. The van der Waals surface area contributed by atoms with Crippen LogP contribution in [0.1, 0.15) is 19.4 Å². The molecule has 0 aliphatic carbocycles. The van der Waals surface area contributed by atoms with Crippen LogP contribution in [0.4, 0.5) is 0 Å². The molecule has 0 unspecified atom stereocenters. The zero-order valence-electron chi connectivity index (χ0n) is 10.5. The Morgan fingerprint density at radius 2 is 2.00 bits per heavy atom. The Kier molecular flexibility index (Phi) is 3.66. The first-order valence-corrected chi connectivity index (χ1v) is 6.33. The van der Waals surface area contributed by atoms with Gasteiger partial charge in [0.1, 0.15) is 19.1 Å². The normalized spacial score (nSPS) is 14.2. The van der Waals surface area contributed by atoms with Gasteiger partial charge in [0.25, 0.3) is 0 Å². The summed E-state index contributed by atoms with van der Waals surface area (Å²) in [7, 11) is 0. The molecular weight excluding hydrogens is 254 g/mol. The van der Waals surface area contributed by atoms with E-state index in [1.165, 1.54) is 0 Å². The van der Waals surface area contributed by atoms with E-state index in [0.717, 1.165) is 11.3 Å².